The molecule has 0 spiro atoms. The standard InChI is InChI=1S/C20H38O10/c1-2-3-4-5-6-7-8-27-20-18(26)17(25)16(24)14(30-20)11-28-19-15(23)13(22)9-12(10-21)29-19/h12-26H,2-11H2,1H3. The number of ether oxygens (including phenoxy) is 4. The summed E-state index contributed by atoms with van der Waals surface area (Å²) >= 11 is 0. The summed E-state index contributed by atoms with van der Waals surface area (Å²) in [5.41, 5.74) is 0. The Morgan fingerprint density at radius 1 is 0.767 bits per heavy atom. The van der Waals surface area contributed by atoms with Gasteiger partial charge in [-0.25, -0.2) is 0 Å². The maximum Gasteiger partial charge on any atom is 0.186 e. The van der Waals surface area contributed by atoms with Crippen LogP contribution in [0.3, 0.4) is 0 Å². The Morgan fingerprint density at radius 3 is 2.13 bits per heavy atom. The Hall–Kier alpha value is -0.400. The second-order valence-corrected chi connectivity index (χ2v) is 8.09. The molecule has 2 saturated heterocycles. The Balaban J connectivity index is 1.80. The van der Waals surface area contributed by atoms with Crippen LogP contribution in [0.2, 0.25) is 0 Å². The van der Waals surface area contributed by atoms with Gasteiger partial charge in [0.05, 0.1) is 25.4 Å². The van der Waals surface area contributed by atoms with Crippen molar-refractivity contribution >= 4 is 0 Å². The monoisotopic (exact) mass is 438 g/mol. The largest absolute Gasteiger partial charge is 0.394 e. The molecule has 0 aromatic heterocycles. The maximum absolute atomic E-state index is 10.2. The van der Waals surface area contributed by atoms with Crippen molar-refractivity contribution in [1.29, 1.82) is 0 Å². The van der Waals surface area contributed by atoms with Crippen LogP contribution >= 0.6 is 0 Å². The maximum atomic E-state index is 10.2. The van der Waals surface area contributed by atoms with E-state index in [4.69, 9.17) is 18.9 Å². The van der Waals surface area contributed by atoms with E-state index in [1.165, 1.54) is 19.3 Å². The summed E-state index contributed by atoms with van der Waals surface area (Å²) in [7, 11) is 0. The van der Waals surface area contributed by atoms with Gasteiger partial charge in [-0.3, -0.25) is 0 Å². The lowest BCUT2D eigenvalue weighted by atomic mass is 9.99. The van der Waals surface area contributed by atoms with Crippen LogP contribution in [0.4, 0.5) is 0 Å². The molecule has 2 aliphatic rings. The Labute approximate surface area is 177 Å². The van der Waals surface area contributed by atoms with Gasteiger partial charge in [-0.05, 0) is 6.42 Å². The number of aliphatic hydroxyl groups excluding tert-OH is 6. The third kappa shape index (κ3) is 7.33. The van der Waals surface area contributed by atoms with E-state index in [0.29, 0.717) is 6.61 Å². The summed E-state index contributed by atoms with van der Waals surface area (Å²) in [6, 6.07) is 0. The molecule has 0 aliphatic carbocycles. The van der Waals surface area contributed by atoms with Gasteiger partial charge in [-0.15, -0.1) is 0 Å². The van der Waals surface area contributed by atoms with E-state index < -0.39 is 55.3 Å². The molecule has 178 valence electrons. The zero-order chi connectivity index (χ0) is 22.1. The van der Waals surface area contributed by atoms with Gasteiger partial charge in [0.25, 0.3) is 0 Å². The predicted octanol–water partition coefficient (Wildman–Crippen LogP) is -0.983. The molecule has 2 heterocycles. The number of rotatable bonds is 12. The lowest BCUT2D eigenvalue weighted by Crippen LogP contribution is -2.60. The Bertz CT molecular complexity index is 467. The Morgan fingerprint density at radius 2 is 1.43 bits per heavy atom. The molecule has 0 saturated carbocycles. The van der Waals surface area contributed by atoms with Crippen LogP contribution in [-0.4, -0.2) is 106 Å². The van der Waals surface area contributed by atoms with Crippen molar-refractivity contribution in [2.75, 3.05) is 19.8 Å². The fourth-order valence-corrected chi connectivity index (χ4v) is 3.63. The normalized spacial score (nSPS) is 39.9. The number of unbranched alkanes of at least 4 members (excludes halogenated alkanes) is 5. The number of hydrogen-bond acceptors (Lipinski definition) is 10. The smallest absolute Gasteiger partial charge is 0.186 e. The topological polar surface area (TPSA) is 158 Å². The van der Waals surface area contributed by atoms with Crippen LogP contribution in [0.1, 0.15) is 51.9 Å². The lowest BCUT2D eigenvalue weighted by molar-refractivity contribution is -0.322. The summed E-state index contributed by atoms with van der Waals surface area (Å²) in [4.78, 5) is 0. The summed E-state index contributed by atoms with van der Waals surface area (Å²) in [6.45, 7) is 1.87. The molecule has 0 amide bonds. The van der Waals surface area contributed by atoms with Gasteiger partial charge >= 0.3 is 0 Å². The highest BCUT2D eigenvalue weighted by Crippen LogP contribution is 2.25. The summed E-state index contributed by atoms with van der Waals surface area (Å²) in [6.07, 6.45) is -4.38. The Kier molecular flexibility index (Phi) is 11.4. The van der Waals surface area contributed by atoms with Gasteiger partial charge in [0.1, 0.15) is 30.5 Å². The van der Waals surface area contributed by atoms with Crippen LogP contribution in [0.15, 0.2) is 0 Å². The fraction of sp³-hybridized carbons (Fsp3) is 1.00. The highest BCUT2D eigenvalue weighted by atomic mass is 16.7. The number of aliphatic hydroxyl groups is 6. The molecule has 10 heteroatoms. The van der Waals surface area contributed by atoms with E-state index in [-0.39, 0.29) is 19.6 Å². The molecule has 0 bridgehead atoms. The van der Waals surface area contributed by atoms with Crippen molar-refractivity contribution in [3.63, 3.8) is 0 Å². The van der Waals surface area contributed by atoms with Crippen LogP contribution in [0.5, 0.6) is 0 Å². The molecule has 2 aliphatic heterocycles. The van der Waals surface area contributed by atoms with Gasteiger partial charge < -0.3 is 49.6 Å². The first-order valence-corrected chi connectivity index (χ1v) is 10.9. The molecule has 10 nitrogen and oxygen atoms in total. The van der Waals surface area contributed by atoms with Crippen molar-refractivity contribution in [3.8, 4) is 0 Å². The van der Waals surface area contributed by atoms with Crippen LogP contribution < -0.4 is 0 Å². The van der Waals surface area contributed by atoms with E-state index in [2.05, 4.69) is 6.92 Å². The fourth-order valence-electron chi connectivity index (χ4n) is 3.63. The lowest BCUT2D eigenvalue weighted by Gasteiger charge is -2.41. The molecule has 6 N–H and O–H groups in total. The van der Waals surface area contributed by atoms with Crippen molar-refractivity contribution in [3.05, 3.63) is 0 Å². The minimum Gasteiger partial charge on any atom is -0.394 e. The molecule has 2 fully saturated rings. The summed E-state index contributed by atoms with van der Waals surface area (Å²) in [5, 5.41) is 59.5. The van der Waals surface area contributed by atoms with Gasteiger partial charge in [-0.1, -0.05) is 39.0 Å². The molecule has 0 aromatic rings. The van der Waals surface area contributed by atoms with Gasteiger partial charge in [0.15, 0.2) is 12.6 Å². The average molecular weight is 439 g/mol. The molecular weight excluding hydrogens is 400 g/mol. The highest BCUT2D eigenvalue weighted by molar-refractivity contribution is 4.90. The molecule has 30 heavy (non-hydrogen) atoms. The first kappa shape index (κ1) is 25.9. The van der Waals surface area contributed by atoms with Crippen molar-refractivity contribution in [2.45, 2.75) is 107 Å². The second kappa shape index (κ2) is 13.2. The molecule has 2 rings (SSSR count). The summed E-state index contributed by atoms with van der Waals surface area (Å²) < 4.78 is 22.0. The first-order valence-electron chi connectivity index (χ1n) is 10.9. The van der Waals surface area contributed by atoms with E-state index in [9.17, 15) is 30.6 Å². The van der Waals surface area contributed by atoms with Crippen LogP contribution in [-0.2, 0) is 18.9 Å². The van der Waals surface area contributed by atoms with Crippen molar-refractivity contribution in [1.82, 2.24) is 0 Å². The van der Waals surface area contributed by atoms with Gasteiger partial charge in [-0.2, -0.15) is 0 Å². The molecule has 0 aromatic carbocycles. The third-order valence-corrected chi connectivity index (χ3v) is 5.58. The zero-order valence-electron chi connectivity index (χ0n) is 17.6. The van der Waals surface area contributed by atoms with E-state index in [1.54, 1.807) is 0 Å². The first-order chi connectivity index (χ1) is 14.4. The zero-order valence-corrected chi connectivity index (χ0v) is 17.6. The van der Waals surface area contributed by atoms with Crippen molar-refractivity contribution in [2.24, 2.45) is 0 Å². The van der Waals surface area contributed by atoms with Gasteiger partial charge in [0, 0.05) is 13.0 Å². The average Bonchev–Trinajstić information content (AvgIpc) is 2.74. The second-order valence-electron chi connectivity index (χ2n) is 8.09. The summed E-state index contributed by atoms with van der Waals surface area (Å²) in [5.74, 6) is 0. The molecular formula is C20H38O10. The van der Waals surface area contributed by atoms with Gasteiger partial charge in [0.2, 0.25) is 0 Å². The third-order valence-electron chi connectivity index (χ3n) is 5.58. The number of hydrogen-bond donors (Lipinski definition) is 6. The van der Waals surface area contributed by atoms with E-state index >= 15 is 0 Å². The van der Waals surface area contributed by atoms with E-state index in [0.717, 1.165) is 19.3 Å². The van der Waals surface area contributed by atoms with Crippen LogP contribution in [0.25, 0.3) is 0 Å². The minimum atomic E-state index is -1.49. The minimum absolute atomic E-state index is 0.0688. The molecule has 0 radical (unpaired) electrons. The highest BCUT2D eigenvalue weighted by Gasteiger charge is 2.45. The SMILES string of the molecule is CCCCCCCCOC1OC(COC2OC(CO)CC(O)C2O)C(O)C(O)C1O. The van der Waals surface area contributed by atoms with Crippen LogP contribution in [0, 0.1) is 0 Å². The quantitative estimate of drug-likeness (QED) is 0.209. The van der Waals surface area contributed by atoms with Crippen molar-refractivity contribution < 1.29 is 49.6 Å². The predicted molar refractivity (Wildman–Crippen MR) is 104 cm³/mol. The van der Waals surface area contributed by atoms with E-state index in [1.807, 2.05) is 0 Å². The molecule has 9 unspecified atom stereocenters. The molecule has 9 atom stereocenters.